The van der Waals surface area contributed by atoms with Gasteiger partial charge in [0.05, 0.1) is 26.4 Å². The fraction of sp³-hybridized carbons (Fsp3) is 1.00. The molecule has 0 aliphatic carbocycles. The summed E-state index contributed by atoms with van der Waals surface area (Å²) < 4.78 is 4.63. The van der Waals surface area contributed by atoms with Gasteiger partial charge in [0.2, 0.25) is 0 Å². The van der Waals surface area contributed by atoms with Crippen molar-refractivity contribution in [3.63, 3.8) is 0 Å². The van der Waals surface area contributed by atoms with E-state index in [1.54, 1.807) is 0 Å². The molecule has 0 aliphatic heterocycles. The minimum absolute atomic E-state index is 0. The maximum absolute atomic E-state index is 8.09. The molecule has 4 heteroatoms. The van der Waals surface area contributed by atoms with Crippen LogP contribution in [0.5, 0.6) is 0 Å². The summed E-state index contributed by atoms with van der Waals surface area (Å²) in [5.41, 5.74) is 0. The van der Waals surface area contributed by atoms with Gasteiger partial charge in [0.25, 0.3) is 0 Å². The summed E-state index contributed by atoms with van der Waals surface area (Å²) in [6, 6.07) is 0. The molecule has 0 heterocycles. The molecule has 0 amide bonds. The predicted octanol–water partition coefficient (Wildman–Crippen LogP) is -1.66. The van der Waals surface area contributed by atoms with Crippen LogP contribution in [0.4, 0.5) is 0 Å². The Balaban J connectivity index is 0. The molecule has 0 saturated heterocycles. The van der Waals surface area contributed by atoms with Gasteiger partial charge in [0, 0.05) is 0 Å². The van der Waals surface area contributed by atoms with E-state index in [0.717, 1.165) is 0 Å². The number of hydrogen-bond acceptors (Lipinski definition) is 3. The van der Waals surface area contributed by atoms with Crippen molar-refractivity contribution in [2.24, 2.45) is 0 Å². The van der Waals surface area contributed by atoms with Crippen molar-refractivity contribution in [3.05, 3.63) is 0 Å². The average Bonchev–Trinajstić information content (AvgIpc) is 1.69. The zero-order chi connectivity index (χ0) is 5.54. The minimum atomic E-state index is 0. The third kappa shape index (κ3) is 9.69. The number of aliphatic hydroxyl groups is 2. The topological polar surface area (TPSA) is 49.7 Å². The molecule has 0 aromatic heterocycles. The molecule has 8 heavy (non-hydrogen) atoms. The van der Waals surface area contributed by atoms with Crippen LogP contribution in [0.2, 0.25) is 0 Å². The Kier molecular flexibility index (Phi) is 14.8. The first-order chi connectivity index (χ1) is 3.41. The Morgan fingerprint density at radius 2 is 1.38 bits per heavy atom. The van der Waals surface area contributed by atoms with Crippen LogP contribution in [0.1, 0.15) is 0 Å². The van der Waals surface area contributed by atoms with Crippen LogP contribution < -0.4 is 0 Å². The van der Waals surface area contributed by atoms with E-state index >= 15 is 0 Å². The van der Waals surface area contributed by atoms with Crippen molar-refractivity contribution in [2.45, 2.75) is 0 Å². The summed E-state index contributed by atoms with van der Waals surface area (Å²) in [5.74, 6) is 0. The van der Waals surface area contributed by atoms with E-state index in [-0.39, 0.29) is 32.1 Å². The van der Waals surface area contributed by atoms with Gasteiger partial charge in [-0.15, -0.1) is 0 Å². The monoisotopic (exact) mass is 114 g/mol. The van der Waals surface area contributed by atoms with E-state index in [2.05, 4.69) is 4.74 Å². The van der Waals surface area contributed by atoms with E-state index in [1.165, 1.54) is 0 Å². The maximum atomic E-state index is 8.09. The van der Waals surface area contributed by atoms with Gasteiger partial charge in [0.1, 0.15) is 0 Å². The molecule has 0 saturated carbocycles. The SMILES string of the molecule is OCCOCCO.[LiH]. The Morgan fingerprint density at radius 1 is 1.00 bits per heavy atom. The molecule has 0 aromatic rings. The first kappa shape index (κ1) is 11.3. The number of rotatable bonds is 4. The average molecular weight is 114 g/mol. The predicted molar refractivity (Wildman–Crippen MR) is 32.1 cm³/mol. The molecule has 0 unspecified atom stereocenters. The zero-order valence-corrected chi connectivity index (χ0v) is 4.13. The molecule has 3 nitrogen and oxygen atoms in total. The van der Waals surface area contributed by atoms with Crippen LogP contribution in [0, 0.1) is 0 Å². The van der Waals surface area contributed by atoms with Gasteiger partial charge in [-0.2, -0.15) is 0 Å². The first-order valence-corrected chi connectivity index (χ1v) is 2.21. The molecule has 46 valence electrons. The van der Waals surface area contributed by atoms with Gasteiger partial charge >= 0.3 is 18.9 Å². The Labute approximate surface area is 60.8 Å². The summed E-state index contributed by atoms with van der Waals surface area (Å²) in [7, 11) is 0. The normalized spacial score (nSPS) is 8.25. The summed E-state index contributed by atoms with van der Waals surface area (Å²) in [6.07, 6.45) is 0. The van der Waals surface area contributed by atoms with E-state index in [1.807, 2.05) is 0 Å². The summed E-state index contributed by atoms with van der Waals surface area (Å²) in [4.78, 5) is 0. The molecular weight excluding hydrogens is 103 g/mol. The van der Waals surface area contributed by atoms with Gasteiger partial charge in [-0.05, 0) is 0 Å². The van der Waals surface area contributed by atoms with E-state index in [9.17, 15) is 0 Å². The van der Waals surface area contributed by atoms with Crippen LogP contribution in [0.15, 0.2) is 0 Å². The van der Waals surface area contributed by atoms with Crippen molar-refractivity contribution >= 4 is 18.9 Å². The fourth-order valence-corrected chi connectivity index (χ4v) is 0.231. The van der Waals surface area contributed by atoms with Crippen molar-refractivity contribution in [2.75, 3.05) is 26.4 Å². The Morgan fingerprint density at radius 3 is 1.62 bits per heavy atom. The molecule has 0 atom stereocenters. The zero-order valence-electron chi connectivity index (χ0n) is 4.13. The second kappa shape index (κ2) is 10.5. The number of aliphatic hydroxyl groups excluding tert-OH is 2. The molecule has 0 bridgehead atoms. The van der Waals surface area contributed by atoms with Crippen molar-refractivity contribution < 1.29 is 14.9 Å². The van der Waals surface area contributed by atoms with Gasteiger partial charge in [-0.1, -0.05) is 0 Å². The van der Waals surface area contributed by atoms with Crippen molar-refractivity contribution in [1.82, 2.24) is 0 Å². The molecule has 2 N–H and O–H groups in total. The summed E-state index contributed by atoms with van der Waals surface area (Å²) >= 11 is 0. The number of ether oxygens (including phenoxy) is 1. The van der Waals surface area contributed by atoms with Crippen LogP contribution in [0.3, 0.4) is 0 Å². The molecule has 0 aliphatic rings. The third-order valence-electron chi connectivity index (χ3n) is 0.471. The molecule has 0 fully saturated rings. The third-order valence-corrected chi connectivity index (χ3v) is 0.471. The van der Waals surface area contributed by atoms with Crippen molar-refractivity contribution in [1.29, 1.82) is 0 Å². The Bertz CT molecular complexity index is 30.5. The van der Waals surface area contributed by atoms with E-state index in [4.69, 9.17) is 10.2 Å². The molecule has 0 radical (unpaired) electrons. The summed E-state index contributed by atoms with van der Waals surface area (Å²) in [6.45, 7) is 0.696. The molecule has 0 aromatic carbocycles. The summed E-state index contributed by atoms with van der Waals surface area (Å²) in [5, 5.41) is 16.2. The van der Waals surface area contributed by atoms with E-state index < -0.39 is 0 Å². The van der Waals surface area contributed by atoms with Crippen LogP contribution >= 0.6 is 0 Å². The van der Waals surface area contributed by atoms with Crippen LogP contribution in [0.25, 0.3) is 0 Å². The molecular formula is C4H11LiO3. The standard InChI is InChI=1S/C4H10O3.Li.H/c5-1-3-7-4-2-6;;/h5-6H,1-4H2;;. The second-order valence-electron chi connectivity index (χ2n) is 1.06. The van der Waals surface area contributed by atoms with Crippen molar-refractivity contribution in [3.8, 4) is 0 Å². The van der Waals surface area contributed by atoms with Crippen LogP contribution in [-0.4, -0.2) is 55.5 Å². The van der Waals surface area contributed by atoms with Gasteiger partial charge in [-0.3, -0.25) is 0 Å². The fourth-order valence-electron chi connectivity index (χ4n) is 0.231. The van der Waals surface area contributed by atoms with Gasteiger partial charge < -0.3 is 14.9 Å². The Hall–Kier alpha value is 0.477. The van der Waals surface area contributed by atoms with Crippen LogP contribution in [-0.2, 0) is 4.74 Å². The van der Waals surface area contributed by atoms with Gasteiger partial charge in [0.15, 0.2) is 0 Å². The first-order valence-electron chi connectivity index (χ1n) is 2.21. The second-order valence-corrected chi connectivity index (χ2v) is 1.06. The molecule has 0 spiro atoms. The molecule has 0 rings (SSSR count). The van der Waals surface area contributed by atoms with E-state index in [0.29, 0.717) is 13.2 Å². The number of hydrogen-bond donors (Lipinski definition) is 2. The quantitative estimate of drug-likeness (QED) is 0.339. The van der Waals surface area contributed by atoms with Gasteiger partial charge in [-0.25, -0.2) is 0 Å².